The van der Waals surface area contributed by atoms with Crippen LogP contribution >= 0.6 is 23.5 Å². The van der Waals surface area contributed by atoms with Crippen molar-refractivity contribution in [3.63, 3.8) is 0 Å². The zero-order chi connectivity index (χ0) is 11.5. The van der Waals surface area contributed by atoms with Gasteiger partial charge in [0.2, 0.25) is 0 Å². The van der Waals surface area contributed by atoms with E-state index in [4.69, 9.17) is 9.84 Å². The van der Waals surface area contributed by atoms with Gasteiger partial charge in [0, 0.05) is 28.6 Å². The van der Waals surface area contributed by atoms with Crippen molar-refractivity contribution in [2.75, 3.05) is 36.2 Å². The highest BCUT2D eigenvalue weighted by molar-refractivity contribution is 8.02. The first-order valence-corrected chi connectivity index (χ1v) is 7.08. The zero-order valence-corrected chi connectivity index (χ0v) is 10.7. The Bertz CT molecular complexity index is 195. The molecule has 5 heteroatoms. The number of carbonyl (C=O) groups is 1. The van der Waals surface area contributed by atoms with Crippen LogP contribution in [0.5, 0.6) is 0 Å². The molecule has 0 radical (unpaired) electrons. The van der Waals surface area contributed by atoms with Gasteiger partial charge >= 0.3 is 5.97 Å². The third kappa shape index (κ3) is 10.2. The Morgan fingerprint density at radius 2 is 1.87 bits per heavy atom. The molecule has 0 aliphatic rings. The molecule has 0 atom stereocenters. The molecule has 0 aliphatic heterocycles. The van der Waals surface area contributed by atoms with Crippen molar-refractivity contribution in [2.45, 2.75) is 6.92 Å². The van der Waals surface area contributed by atoms with Crippen molar-refractivity contribution in [3.8, 4) is 0 Å². The molecule has 0 aromatic carbocycles. The van der Waals surface area contributed by atoms with E-state index in [0.29, 0.717) is 12.2 Å². The van der Waals surface area contributed by atoms with Gasteiger partial charge in [-0.1, -0.05) is 6.58 Å². The molecule has 0 rings (SSSR count). The number of thioether (sulfide) groups is 2. The highest BCUT2D eigenvalue weighted by Gasteiger charge is 2.01. The fourth-order valence-corrected chi connectivity index (χ4v) is 2.38. The van der Waals surface area contributed by atoms with Gasteiger partial charge in [-0.2, -0.15) is 23.5 Å². The number of ether oxygens (including phenoxy) is 1. The van der Waals surface area contributed by atoms with Gasteiger partial charge in [0.15, 0.2) is 0 Å². The maximum atomic E-state index is 11.0. The molecular weight excluding hydrogens is 232 g/mol. The first kappa shape index (κ1) is 14.9. The normalized spacial score (nSPS) is 10.0. The summed E-state index contributed by atoms with van der Waals surface area (Å²) in [7, 11) is 0. The monoisotopic (exact) mass is 250 g/mol. The summed E-state index contributed by atoms with van der Waals surface area (Å²) in [5.74, 6) is 3.35. The van der Waals surface area contributed by atoms with E-state index < -0.39 is 0 Å². The maximum Gasteiger partial charge on any atom is 0.333 e. The lowest BCUT2D eigenvalue weighted by Gasteiger charge is -2.03. The maximum absolute atomic E-state index is 11.0. The molecule has 0 saturated carbocycles. The van der Waals surface area contributed by atoms with Gasteiger partial charge in [0.1, 0.15) is 6.61 Å². The second-order valence-corrected chi connectivity index (χ2v) is 5.31. The zero-order valence-electron chi connectivity index (χ0n) is 9.03. The number of aliphatic hydroxyl groups excluding tert-OH is 1. The van der Waals surface area contributed by atoms with Gasteiger partial charge in [-0.05, 0) is 6.92 Å². The largest absolute Gasteiger partial charge is 0.461 e. The van der Waals surface area contributed by atoms with E-state index >= 15 is 0 Å². The molecule has 0 unspecified atom stereocenters. The van der Waals surface area contributed by atoms with Gasteiger partial charge in [0.05, 0.1) is 6.61 Å². The van der Waals surface area contributed by atoms with Gasteiger partial charge in [-0.15, -0.1) is 0 Å². The van der Waals surface area contributed by atoms with Crippen LogP contribution in [0.4, 0.5) is 0 Å². The fourth-order valence-electron chi connectivity index (χ4n) is 0.703. The van der Waals surface area contributed by atoms with Crippen LogP contribution in [0, 0.1) is 0 Å². The summed E-state index contributed by atoms with van der Waals surface area (Å²) in [4.78, 5) is 11.0. The molecule has 0 fully saturated rings. The van der Waals surface area contributed by atoms with Crippen LogP contribution in [0.2, 0.25) is 0 Å². The summed E-state index contributed by atoms with van der Waals surface area (Å²) >= 11 is 3.48. The number of aliphatic hydroxyl groups is 1. The highest BCUT2D eigenvalue weighted by atomic mass is 32.2. The van der Waals surface area contributed by atoms with E-state index in [1.54, 1.807) is 30.4 Å². The lowest BCUT2D eigenvalue weighted by Crippen LogP contribution is -2.08. The van der Waals surface area contributed by atoms with Crippen LogP contribution in [-0.4, -0.2) is 47.3 Å². The van der Waals surface area contributed by atoms with E-state index in [1.807, 2.05) is 0 Å². The van der Waals surface area contributed by atoms with Crippen molar-refractivity contribution >= 4 is 29.5 Å². The third-order valence-electron chi connectivity index (χ3n) is 1.42. The molecule has 0 saturated heterocycles. The van der Waals surface area contributed by atoms with Crippen LogP contribution in [-0.2, 0) is 9.53 Å². The van der Waals surface area contributed by atoms with Crippen molar-refractivity contribution < 1.29 is 14.6 Å². The summed E-state index contributed by atoms with van der Waals surface area (Å²) in [6, 6.07) is 0. The molecule has 0 aliphatic carbocycles. The topological polar surface area (TPSA) is 46.5 Å². The van der Waals surface area contributed by atoms with Gasteiger partial charge in [0.25, 0.3) is 0 Å². The van der Waals surface area contributed by atoms with Crippen molar-refractivity contribution in [1.29, 1.82) is 0 Å². The lowest BCUT2D eigenvalue weighted by molar-refractivity contribution is -0.138. The van der Waals surface area contributed by atoms with Crippen LogP contribution in [0.3, 0.4) is 0 Å². The molecule has 1 N–H and O–H groups in total. The Morgan fingerprint density at radius 3 is 2.40 bits per heavy atom. The van der Waals surface area contributed by atoms with Crippen molar-refractivity contribution in [3.05, 3.63) is 12.2 Å². The average Bonchev–Trinajstić information content (AvgIpc) is 2.21. The van der Waals surface area contributed by atoms with Crippen molar-refractivity contribution in [2.24, 2.45) is 0 Å². The molecule has 0 heterocycles. The molecule has 0 bridgehead atoms. The molecular formula is C10H18O3S2. The molecule has 15 heavy (non-hydrogen) atoms. The minimum atomic E-state index is -0.315. The third-order valence-corrected chi connectivity index (χ3v) is 3.59. The molecule has 3 nitrogen and oxygen atoms in total. The summed E-state index contributed by atoms with van der Waals surface area (Å²) < 4.78 is 4.93. The molecule has 0 amide bonds. The molecule has 0 aromatic heterocycles. The van der Waals surface area contributed by atoms with Gasteiger partial charge < -0.3 is 9.84 Å². The predicted octanol–water partition coefficient (Wildman–Crippen LogP) is 1.56. The van der Waals surface area contributed by atoms with E-state index in [9.17, 15) is 4.79 Å². The molecule has 0 aromatic rings. The number of hydrogen-bond donors (Lipinski definition) is 1. The minimum Gasteiger partial charge on any atom is -0.461 e. The molecule has 88 valence electrons. The summed E-state index contributed by atoms with van der Waals surface area (Å²) in [5, 5.41) is 8.53. The Kier molecular flexibility index (Phi) is 10.3. The highest BCUT2D eigenvalue weighted by Crippen LogP contribution is 2.06. The second-order valence-electron chi connectivity index (χ2n) is 2.86. The minimum absolute atomic E-state index is 0.242. The SMILES string of the molecule is C=C(C)C(=O)OCCSCCSCCO. The van der Waals surface area contributed by atoms with Crippen molar-refractivity contribution in [1.82, 2.24) is 0 Å². The first-order chi connectivity index (χ1) is 7.18. The average molecular weight is 250 g/mol. The number of hydrogen-bond acceptors (Lipinski definition) is 5. The summed E-state index contributed by atoms with van der Waals surface area (Å²) in [6.45, 7) is 5.82. The lowest BCUT2D eigenvalue weighted by atomic mass is 10.4. The quantitative estimate of drug-likeness (QED) is 0.382. The van der Waals surface area contributed by atoms with E-state index in [0.717, 1.165) is 23.0 Å². The van der Waals surface area contributed by atoms with Gasteiger partial charge in [-0.3, -0.25) is 0 Å². The fraction of sp³-hybridized carbons (Fsp3) is 0.700. The molecule has 0 spiro atoms. The smallest absolute Gasteiger partial charge is 0.333 e. The number of rotatable bonds is 9. The Labute approximate surface area is 99.6 Å². The van der Waals surface area contributed by atoms with E-state index in [1.165, 1.54) is 0 Å². The second kappa shape index (κ2) is 10.4. The first-order valence-electron chi connectivity index (χ1n) is 4.77. The van der Waals surface area contributed by atoms with E-state index in [-0.39, 0.29) is 12.6 Å². The standard InChI is InChI=1S/C10H18O3S2/c1-9(2)10(12)13-4-6-15-8-7-14-5-3-11/h11H,1,3-8H2,2H3. The van der Waals surface area contributed by atoms with E-state index in [2.05, 4.69) is 6.58 Å². The van der Waals surface area contributed by atoms with Crippen LogP contribution in [0.25, 0.3) is 0 Å². The summed E-state index contributed by atoms with van der Waals surface area (Å²) in [5.41, 5.74) is 0.443. The Morgan fingerprint density at radius 1 is 1.27 bits per heavy atom. The van der Waals surface area contributed by atoms with Crippen LogP contribution in [0.15, 0.2) is 12.2 Å². The number of carbonyl (C=O) groups excluding carboxylic acids is 1. The summed E-state index contributed by atoms with van der Waals surface area (Å²) in [6.07, 6.45) is 0. The number of esters is 1. The van der Waals surface area contributed by atoms with Gasteiger partial charge in [-0.25, -0.2) is 4.79 Å². The Balaban J connectivity index is 3.11. The van der Waals surface area contributed by atoms with Crippen LogP contribution in [0.1, 0.15) is 6.92 Å². The van der Waals surface area contributed by atoms with Crippen LogP contribution < -0.4 is 0 Å². The Hall–Kier alpha value is -0.130. The predicted molar refractivity (Wildman–Crippen MR) is 67.5 cm³/mol.